The van der Waals surface area contributed by atoms with E-state index in [4.69, 9.17) is 0 Å². The van der Waals surface area contributed by atoms with Crippen LogP contribution in [0.2, 0.25) is 0 Å². The molecule has 5 rings (SSSR count). The minimum Gasteiger partial charge on any atom is -0.312 e. The summed E-state index contributed by atoms with van der Waals surface area (Å²) < 4.78 is 0. The number of benzene rings is 2. The van der Waals surface area contributed by atoms with Crippen molar-refractivity contribution in [3.05, 3.63) is 77.1 Å². The molecule has 1 aliphatic rings. The zero-order valence-electron chi connectivity index (χ0n) is 15.6. The van der Waals surface area contributed by atoms with Crippen molar-refractivity contribution in [2.45, 2.75) is 19.8 Å². The molecular weight excluding hydrogens is 366 g/mol. The Labute approximate surface area is 167 Å². The fourth-order valence-electron chi connectivity index (χ4n) is 3.92. The second-order valence-corrected chi connectivity index (χ2v) is 8.05. The van der Waals surface area contributed by atoms with Crippen LogP contribution in [-0.4, -0.2) is 22.4 Å². The Morgan fingerprint density at radius 2 is 2.14 bits per heavy atom. The van der Waals surface area contributed by atoms with Crippen LogP contribution in [0, 0.1) is 6.92 Å². The maximum absolute atomic E-state index is 12.9. The number of anilines is 1. The third kappa shape index (κ3) is 2.98. The van der Waals surface area contributed by atoms with Crippen LogP contribution in [0.1, 0.15) is 16.7 Å². The fourth-order valence-corrected chi connectivity index (χ4v) is 4.81. The van der Waals surface area contributed by atoms with E-state index < -0.39 is 0 Å². The lowest BCUT2D eigenvalue weighted by Gasteiger charge is -2.18. The lowest BCUT2D eigenvalue weighted by molar-refractivity contribution is -0.117. The number of hydrogen-bond donors (Lipinski definition) is 0. The van der Waals surface area contributed by atoms with E-state index in [1.165, 1.54) is 11.1 Å². The molecular formula is C23H19N3OS. The predicted molar refractivity (Wildman–Crippen MR) is 114 cm³/mol. The standard InChI is InChI=1S/C23H19N3OS/c1-15-3-2-4-16(9-15)10-22(27)26-8-7-18-11-17(5-6-21(18)26)20-13-28-23-19(20)12-24-14-25-23/h2-6,9,11-14H,7-8,10H2,1H3. The van der Waals surface area contributed by atoms with Crippen molar-refractivity contribution in [3.63, 3.8) is 0 Å². The van der Waals surface area contributed by atoms with Crippen molar-refractivity contribution in [1.82, 2.24) is 9.97 Å². The topological polar surface area (TPSA) is 46.1 Å². The van der Waals surface area contributed by atoms with Gasteiger partial charge < -0.3 is 4.90 Å². The van der Waals surface area contributed by atoms with Crippen LogP contribution in [-0.2, 0) is 17.6 Å². The summed E-state index contributed by atoms with van der Waals surface area (Å²) in [4.78, 5) is 24.3. The quantitative estimate of drug-likeness (QED) is 0.509. The summed E-state index contributed by atoms with van der Waals surface area (Å²) in [6.45, 7) is 2.80. The number of carbonyl (C=O) groups is 1. The highest BCUT2D eigenvalue weighted by molar-refractivity contribution is 7.17. The van der Waals surface area contributed by atoms with Crippen molar-refractivity contribution in [1.29, 1.82) is 0 Å². The van der Waals surface area contributed by atoms with Gasteiger partial charge in [0.25, 0.3) is 0 Å². The van der Waals surface area contributed by atoms with Crippen LogP contribution in [0.15, 0.2) is 60.4 Å². The van der Waals surface area contributed by atoms with Gasteiger partial charge in [0.1, 0.15) is 11.2 Å². The summed E-state index contributed by atoms with van der Waals surface area (Å²) in [7, 11) is 0. The molecule has 4 nitrogen and oxygen atoms in total. The molecule has 0 saturated carbocycles. The lowest BCUT2D eigenvalue weighted by atomic mass is 10.0. The van der Waals surface area contributed by atoms with Crippen LogP contribution < -0.4 is 4.90 Å². The summed E-state index contributed by atoms with van der Waals surface area (Å²) in [6, 6.07) is 14.6. The molecule has 0 spiro atoms. The number of aromatic nitrogens is 2. The van der Waals surface area contributed by atoms with E-state index in [-0.39, 0.29) is 5.91 Å². The highest BCUT2D eigenvalue weighted by Crippen LogP contribution is 2.37. The lowest BCUT2D eigenvalue weighted by Crippen LogP contribution is -2.30. The van der Waals surface area contributed by atoms with Gasteiger partial charge in [-0.2, -0.15) is 0 Å². The van der Waals surface area contributed by atoms with Crippen LogP contribution in [0.4, 0.5) is 5.69 Å². The number of carbonyl (C=O) groups excluding carboxylic acids is 1. The summed E-state index contributed by atoms with van der Waals surface area (Å²) >= 11 is 1.63. The van der Waals surface area contributed by atoms with Crippen molar-refractivity contribution in [3.8, 4) is 11.1 Å². The van der Waals surface area contributed by atoms with E-state index in [2.05, 4.69) is 52.6 Å². The average molecular weight is 385 g/mol. The van der Waals surface area contributed by atoms with Gasteiger partial charge in [-0.15, -0.1) is 11.3 Å². The van der Waals surface area contributed by atoms with Gasteiger partial charge in [0.2, 0.25) is 5.91 Å². The summed E-state index contributed by atoms with van der Waals surface area (Å²) in [5.74, 6) is 0.159. The van der Waals surface area contributed by atoms with E-state index in [1.54, 1.807) is 17.7 Å². The number of rotatable bonds is 3. The van der Waals surface area contributed by atoms with Gasteiger partial charge in [-0.05, 0) is 42.2 Å². The molecule has 0 bridgehead atoms. The van der Waals surface area contributed by atoms with E-state index >= 15 is 0 Å². The van der Waals surface area contributed by atoms with Gasteiger partial charge in [-0.25, -0.2) is 9.97 Å². The van der Waals surface area contributed by atoms with Crippen molar-refractivity contribution in [2.75, 3.05) is 11.4 Å². The molecule has 0 unspecified atom stereocenters. The molecule has 0 N–H and O–H groups in total. The highest BCUT2D eigenvalue weighted by Gasteiger charge is 2.25. The Hall–Kier alpha value is -3.05. The van der Waals surface area contributed by atoms with Crippen LogP contribution in [0.3, 0.4) is 0 Å². The molecule has 0 radical (unpaired) electrons. The predicted octanol–water partition coefficient (Wildman–Crippen LogP) is 4.80. The highest BCUT2D eigenvalue weighted by atomic mass is 32.1. The first-order valence-electron chi connectivity index (χ1n) is 9.35. The number of thiophene rings is 1. The first-order chi connectivity index (χ1) is 13.7. The van der Waals surface area contributed by atoms with Gasteiger partial charge in [-0.3, -0.25) is 4.79 Å². The summed E-state index contributed by atoms with van der Waals surface area (Å²) in [5, 5.41) is 3.22. The van der Waals surface area contributed by atoms with Crippen LogP contribution in [0.5, 0.6) is 0 Å². The van der Waals surface area contributed by atoms with Gasteiger partial charge >= 0.3 is 0 Å². The molecule has 0 saturated heterocycles. The van der Waals surface area contributed by atoms with Gasteiger partial charge in [0, 0.05) is 34.8 Å². The zero-order chi connectivity index (χ0) is 19.1. The first-order valence-corrected chi connectivity index (χ1v) is 10.2. The molecule has 28 heavy (non-hydrogen) atoms. The van der Waals surface area contributed by atoms with Crippen molar-refractivity contribution < 1.29 is 4.79 Å². The summed E-state index contributed by atoms with van der Waals surface area (Å²) in [6.07, 6.45) is 4.79. The fraction of sp³-hybridized carbons (Fsp3) is 0.174. The molecule has 2 aromatic carbocycles. The second kappa shape index (κ2) is 6.84. The number of aryl methyl sites for hydroxylation is 1. The van der Waals surface area contributed by atoms with Crippen LogP contribution in [0.25, 0.3) is 21.3 Å². The maximum Gasteiger partial charge on any atom is 0.231 e. The Balaban J connectivity index is 1.43. The molecule has 3 heterocycles. The minimum absolute atomic E-state index is 0.159. The Bertz CT molecular complexity index is 1200. The zero-order valence-corrected chi connectivity index (χ0v) is 16.4. The molecule has 0 fully saturated rings. The van der Waals surface area contributed by atoms with E-state index in [9.17, 15) is 4.79 Å². The molecule has 138 valence electrons. The van der Waals surface area contributed by atoms with Gasteiger partial charge in [0.05, 0.1) is 6.42 Å². The van der Waals surface area contributed by atoms with E-state index in [1.807, 2.05) is 23.2 Å². The maximum atomic E-state index is 12.9. The van der Waals surface area contributed by atoms with E-state index in [0.717, 1.165) is 45.6 Å². The van der Waals surface area contributed by atoms with E-state index in [0.29, 0.717) is 6.42 Å². The Morgan fingerprint density at radius 3 is 3.04 bits per heavy atom. The van der Waals surface area contributed by atoms with Crippen molar-refractivity contribution >= 4 is 33.1 Å². The van der Waals surface area contributed by atoms with Gasteiger partial charge in [-0.1, -0.05) is 35.9 Å². The smallest absolute Gasteiger partial charge is 0.231 e. The molecule has 0 aliphatic carbocycles. The normalized spacial score (nSPS) is 13.1. The average Bonchev–Trinajstić information content (AvgIpc) is 3.31. The Morgan fingerprint density at radius 1 is 1.21 bits per heavy atom. The third-order valence-electron chi connectivity index (χ3n) is 5.28. The third-order valence-corrected chi connectivity index (χ3v) is 6.18. The van der Waals surface area contributed by atoms with Gasteiger partial charge in [0.15, 0.2) is 0 Å². The largest absolute Gasteiger partial charge is 0.312 e. The minimum atomic E-state index is 0.159. The number of nitrogens with zero attached hydrogens (tertiary/aromatic N) is 3. The first kappa shape index (κ1) is 17.1. The van der Waals surface area contributed by atoms with Crippen LogP contribution >= 0.6 is 11.3 Å². The number of hydrogen-bond acceptors (Lipinski definition) is 4. The SMILES string of the molecule is Cc1cccc(CC(=O)N2CCc3cc(-c4csc5ncncc45)ccc32)c1. The molecule has 5 heteroatoms. The number of amides is 1. The molecule has 1 amide bonds. The molecule has 4 aromatic rings. The second-order valence-electron chi connectivity index (χ2n) is 7.20. The van der Waals surface area contributed by atoms with Crippen molar-refractivity contribution in [2.24, 2.45) is 0 Å². The molecule has 1 aliphatic heterocycles. The Kier molecular flexibility index (Phi) is 4.17. The molecule has 0 atom stereocenters. The molecule has 2 aromatic heterocycles. The summed E-state index contributed by atoms with van der Waals surface area (Å²) in [5.41, 5.74) is 6.84. The number of fused-ring (bicyclic) bond motifs is 2. The monoisotopic (exact) mass is 385 g/mol.